The molecule has 0 amide bonds. The maximum Gasteiger partial charge on any atom is 0.0223 e. The van der Waals surface area contributed by atoms with Gasteiger partial charge in [-0.25, -0.2) is 0 Å². The summed E-state index contributed by atoms with van der Waals surface area (Å²) in [5.74, 6) is 0. The fourth-order valence-corrected chi connectivity index (χ4v) is 2.31. The number of nitrogens with two attached hydrogens (primary N) is 1. The van der Waals surface area contributed by atoms with Gasteiger partial charge in [0, 0.05) is 18.1 Å². The molecule has 2 N–H and O–H groups in total. The van der Waals surface area contributed by atoms with Gasteiger partial charge >= 0.3 is 0 Å². The second-order valence-electron chi connectivity index (χ2n) is 5.10. The third kappa shape index (κ3) is 2.96. The van der Waals surface area contributed by atoms with Crippen molar-refractivity contribution < 1.29 is 0 Å². The van der Waals surface area contributed by atoms with Crippen molar-refractivity contribution in [2.75, 3.05) is 13.1 Å². The predicted octanol–water partition coefficient (Wildman–Crippen LogP) is 1.99. The Hall–Kier alpha value is -0.0800. The zero-order chi connectivity index (χ0) is 9.90. The number of hydrogen-bond donors (Lipinski definition) is 1. The molecule has 1 saturated heterocycles. The van der Waals surface area contributed by atoms with E-state index in [9.17, 15) is 0 Å². The highest BCUT2D eigenvalue weighted by Gasteiger charge is 2.28. The van der Waals surface area contributed by atoms with Gasteiger partial charge < -0.3 is 5.73 Å². The summed E-state index contributed by atoms with van der Waals surface area (Å²) < 4.78 is 0. The molecule has 0 saturated carbocycles. The Labute approximate surface area is 82.5 Å². The summed E-state index contributed by atoms with van der Waals surface area (Å²) in [5.41, 5.74) is 6.10. The molecule has 1 atom stereocenters. The summed E-state index contributed by atoms with van der Waals surface area (Å²) in [6.07, 6.45) is 5.36. The largest absolute Gasteiger partial charge is 0.329 e. The Morgan fingerprint density at radius 3 is 2.46 bits per heavy atom. The number of rotatable bonds is 1. The second kappa shape index (κ2) is 4.43. The molecular formula is C11H24N2. The monoisotopic (exact) mass is 184 g/mol. The molecule has 0 aromatic carbocycles. The molecule has 0 bridgehead atoms. The molecule has 2 nitrogen and oxygen atoms in total. The van der Waals surface area contributed by atoms with Gasteiger partial charge in [-0.1, -0.05) is 12.8 Å². The molecule has 1 aliphatic heterocycles. The third-order valence-corrected chi connectivity index (χ3v) is 3.01. The average molecular weight is 184 g/mol. The van der Waals surface area contributed by atoms with E-state index in [0.717, 1.165) is 6.54 Å². The van der Waals surface area contributed by atoms with E-state index in [1.54, 1.807) is 0 Å². The minimum absolute atomic E-state index is 0.286. The molecule has 1 unspecified atom stereocenters. The zero-order valence-corrected chi connectivity index (χ0v) is 9.34. The second-order valence-corrected chi connectivity index (χ2v) is 5.10. The molecule has 13 heavy (non-hydrogen) atoms. The van der Waals surface area contributed by atoms with E-state index in [0.29, 0.717) is 6.04 Å². The average Bonchev–Trinajstić information content (AvgIpc) is 2.26. The summed E-state index contributed by atoms with van der Waals surface area (Å²) >= 11 is 0. The highest BCUT2D eigenvalue weighted by molar-refractivity contribution is 4.85. The SMILES string of the molecule is CC(C)(C)N1CCCCCC1CN. The maximum absolute atomic E-state index is 5.82. The fourth-order valence-electron chi connectivity index (χ4n) is 2.31. The highest BCUT2D eigenvalue weighted by atomic mass is 15.2. The van der Waals surface area contributed by atoms with Crippen molar-refractivity contribution in [3.8, 4) is 0 Å². The third-order valence-electron chi connectivity index (χ3n) is 3.01. The van der Waals surface area contributed by atoms with Gasteiger partial charge in [0.25, 0.3) is 0 Å². The van der Waals surface area contributed by atoms with Crippen LogP contribution in [-0.2, 0) is 0 Å². The topological polar surface area (TPSA) is 29.3 Å². The first kappa shape index (κ1) is 11.0. The minimum Gasteiger partial charge on any atom is -0.329 e. The molecule has 1 rings (SSSR count). The minimum atomic E-state index is 0.286. The maximum atomic E-state index is 5.82. The van der Waals surface area contributed by atoms with Crippen LogP contribution in [0.3, 0.4) is 0 Å². The van der Waals surface area contributed by atoms with Crippen LogP contribution in [-0.4, -0.2) is 29.6 Å². The van der Waals surface area contributed by atoms with Crippen LogP contribution in [0.15, 0.2) is 0 Å². The first-order valence-corrected chi connectivity index (χ1v) is 5.52. The van der Waals surface area contributed by atoms with Crippen LogP contribution in [0.25, 0.3) is 0 Å². The van der Waals surface area contributed by atoms with Gasteiger partial charge in [0.05, 0.1) is 0 Å². The van der Waals surface area contributed by atoms with Gasteiger partial charge in [-0.15, -0.1) is 0 Å². The Morgan fingerprint density at radius 1 is 1.23 bits per heavy atom. The van der Waals surface area contributed by atoms with E-state index in [1.807, 2.05) is 0 Å². The van der Waals surface area contributed by atoms with Crippen LogP contribution in [0.1, 0.15) is 46.5 Å². The van der Waals surface area contributed by atoms with Gasteiger partial charge in [-0.3, -0.25) is 4.90 Å². The lowest BCUT2D eigenvalue weighted by molar-refractivity contribution is 0.0887. The Bertz CT molecular complexity index is 149. The number of hydrogen-bond acceptors (Lipinski definition) is 2. The molecule has 0 spiro atoms. The molecule has 1 fully saturated rings. The molecule has 0 aromatic rings. The molecule has 1 aliphatic rings. The molecule has 0 aromatic heterocycles. The van der Waals surface area contributed by atoms with E-state index in [4.69, 9.17) is 5.73 Å². The summed E-state index contributed by atoms with van der Waals surface area (Å²) in [6, 6.07) is 0.613. The molecule has 1 heterocycles. The Balaban J connectivity index is 2.65. The molecule has 0 radical (unpaired) electrons. The molecule has 0 aliphatic carbocycles. The standard InChI is InChI=1S/C11H24N2/c1-11(2,3)13-8-6-4-5-7-10(13)9-12/h10H,4-9,12H2,1-3H3. The number of nitrogens with zero attached hydrogens (tertiary/aromatic N) is 1. The first-order valence-electron chi connectivity index (χ1n) is 5.52. The zero-order valence-electron chi connectivity index (χ0n) is 9.34. The van der Waals surface area contributed by atoms with E-state index < -0.39 is 0 Å². The molecule has 78 valence electrons. The lowest BCUT2D eigenvalue weighted by Crippen LogP contribution is -2.50. The van der Waals surface area contributed by atoms with Gasteiger partial charge in [-0.2, -0.15) is 0 Å². The lowest BCUT2D eigenvalue weighted by atomic mass is 10.0. The summed E-state index contributed by atoms with van der Waals surface area (Å²) in [4.78, 5) is 2.58. The lowest BCUT2D eigenvalue weighted by Gasteiger charge is -2.40. The van der Waals surface area contributed by atoms with E-state index in [2.05, 4.69) is 25.7 Å². The summed E-state index contributed by atoms with van der Waals surface area (Å²) in [7, 11) is 0. The predicted molar refractivity (Wildman–Crippen MR) is 57.8 cm³/mol. The van der Waals surface area contributed by atoms with Crippen LogP contribution in [0, 0.1) is 0 Å². The van der Waals surface area contributed by atoms with Crippen LogP contribution in [0.4, 0.5) is 0 Å². The van der Waals surface area contributed by atoms with Crippen LogP contribution < -0.4 is 5.73 Å². The Kier molecular flexibility index (Phi) is 3.74. The van der Waals surface area contributed by atoms with Gasteiger partial charge in [0.1, 0.15) is 0 Å². The van der Waals surface area contributed by atoms with Crippen molar-refractivity contribution in [3.63, 3.8) is 0 Å². The van der Waals surface area contributed by atoms with Gasteiger partial charge in [0.15, 0.2) is 0 Å². The van der Waals surface area contributed by atoms with E-state index in [1.165, 1.54) is 32.2 Å². The van der Waals surface area contributed by atoms with Crippen molar-refractivity contribution >= 4 is 0 Å². The van der Waals surface area contributed by atoms with Gasteiger partial charge in [0.2, 0.25) is 0 Å². The van der Waals surface area contributed by atoms with Crippen molar-refractivity contribution in [2.45, 2.75) is 58.0 Å². The van der Waals surface area contributed by atoms with Crippen LogP contribution in [0.5, 0.6) is 0 Å². The highest BCUT2D eigenvalue weighted by Crippen LogP contribution is 2.24. The van der Waals surface area contributed by atoms with Crippen LogP contribution >= 0.6 is 0 Å². The normalized spacial score (nSPS) is 27.2. The van der Waals surface area contributed by atoms with Crippen molar-refractivity contribution in [3.05, 3.63) is 0 Å². The molecular weight excluding hydrogens is 160 g/mol. The van der Waals surface area contributed by atoms with Crippen molar-refractivity contribution in [1.82, 2.24) is 4.90 Å². The smallest absolute Gasteiger partial charge is 0.0223 e. The van der Waals surface area contributed by atoms with E-state index in [-0.39, 0.29) is 5.54 Å². The fraction of sp³-hybridized carbons (Fsp3) is 1.00. The summed E-state index contributed by atoms with van der Waals surface area (Å²) in [6.45, 7) is 8.92. The van der Waals surface area contributed by atoms with E-state index >= 15 is 0 Å². The van der Waals surface area contributed by atoms with Crippen molar-refractivity contribution in [2.24, 2.45) is 5.73 Å². The Morgan fingerprint density at radius 2 is 1.92 bits per heavy atom. The number of likely N-dealkylation sites (tertiary alicyclic amines) is 1. The van der Waals surface area contributed by atoms with Gasteiger partial charge in [-0.05, 0) is 40.2 Å². The quantitative estimate of drug-likeness (QED) is 0.675. The van der Waals surface area contributed by atoms with Crippen LogP contribution in [0.2, 0.25) is 0 Å². The first-order chi connectivity index (χ1) is 6.05. The summed E-state index contributed by atoms with van der Waals surface area (Å²) in [5, 5.41) is 0. The van der Waals surface area contributed by atoms with Crippen molar-refractivity contribution in [1.29, 1.82) is 0 Å². The molecule has 2 heteroatoms.